The van der Waals surface area contributed by atoms with E-state index in [0.717, 1.165) is 69.3 Å². The van der Waals surface area contributed by atoms with Crippen LogP contribution in [0.4, 0.5) is 10.5 Å². The average molecular weight is 416 g/mol. The van der Waals surface area contributed by atoms with Crippen LogP contribution in [0.2, 0.25) is 0 Å². The van der Waals surface area contributed by atoms with Crippen molar-refractivity contribution >= 4 is 22.7 Å². The van der Waals surface area contributed by atoms with Crippen molar-refractivity contribution in [2.24, 2.45) is 5.92 Å². The number of ether oxygens (including phenoxy) is 2. The van der Waals surface area contributed by atoms with Crippen molar-refractivity contribution in [3.05, 3.63) is 24.0 Å². The molecule has 1 aromatic carbocycles. The molecule has 0 spiro atoms. The van der Waals surface area contributed by atoms with Gasteiger partial charge in [0.05, 0.1) is 13.2 Å². The number of fused-ring (bicyclic) bond motifs is 1. The number of amides is 1. The van der Waals surface area contributed by atoms with Crippen molar-refractivity contribution in [1.29, 1.82) is 0 Å². The van der Waals surface area contributed by atoms with Gasteiger partial charge in [-0.1, -0.05) is 5.16 Å². The third-order valence-electron chi connectivity index (χ3n) is 5.98. The van der Waals surface area contributed by atoms with Gasteiger partial charge in [-0.25, -0.2) is 4.79 Å². The zero-order valence-corrected chi connectivity index (χ0v) is 18.3. The summed E-state index contributed by atoms with van der Waals surface area (Å²) in [4.78, 5) is 14.4. The number of carbonyl (C=O) groups is 1. The lowest BCUT2D eigenvalue weighted by molar-refractivity contribution is 0.0487. The molecule has 164 valence electrons. The molecule has 1 saturated heterocycles. The number of morpholine rings is 1. The molecule has 1 amide bonds. The molecule has 0 radical (unpaired) electrons. The van der Waals surface area contributed by atoms with Crippen LogP contribution in [-0.4, -0.2) is 49.2 Å². The molecule has 7 heteroatoms. The monoisotopic (exact) mass is 415 g/mol. The fourth-order valence-electron chi connectivity index (χ4n) is 4.49. The molecule has 0 unspecified atom stereocenters. The van der Waals surface area contributed by atoms with Crippen LogP contribution in [0.3, 0.4) is 0 Å². The van der Waals surface area contributed by atoms with E-state index in [2.05, 4.69) is 27.5 Å². The van der Waals surface area contributed by atoms with E-state index >= 15 is 0 Å². The summed E-state index contributed by atoms with van der Waals surface area (Å²) in [7, 11) is 0. The first kappa shape index (κ1) is 21.0. The number of aromatic nitrogens is 1. The van der Waals surface area contributed by atoms with Crippen LogP contribution >= 0.6 is 0 Å². The highest BCUT2D eigenvalue weighted by atomic mass is 16.6. The van der Waals surface area contributed by atoms with Gasteiger partial charge in [-0.15, -0.1) is 0 Å². The summed E-state index contributed by atoms with van der Waals surface area (Å²) in [5.74, 6) is 0.585. The maximum Gasteiger partial charge on any atom is 0.407 e. The van der Waals surface area contributed by atoms with Crippen LogP contribution in [0.1, 0.15) is 52.0 Å². The molecular formula is C23H33N3O4. The summed E-state index contributed by atoms with van der Waals surface area (Å²) in [5, 5.41) is 8.36. The summed E-state index contributed by atoms with van der Waals surface area (Å²) >= 11 is 0. The van der Waals surface area contributed by atoms with Crippen molar-refractivity contribution in [2.75, 3.05) is 31.2 Å². The van der Waals surface area contributed by atoms with Crippen molar-refractivity contribution in [2.45, 2.75) is 64.5 Å². The lowest BCUT2D eigenvalue weighted by Gasteiger charge is -2.31. The Morgan fingerprint density at radius 3 is 2.63 bits per heavy atom. The minimum Gasteiger partial charge on any atom is -0.444 e. The highest BCUT2D eigenvalue weighted by molar-refractivity contribution is 5.85. The van der Waals surface area contributed by atoms with Crippen LogP contribution in [-0.2, 0) is 15.9 Å². The second-order valence-electron chi connectivity index (χ2n) is 9.52. The summed E-state index contributed by atoms with van der Waals surface area (Å²) in [6, 6.07) is 4.65. The van der Waals surface area contributed by atoms with Gasteiger partial charge in [-0.05, 0) is 76.5 Å². The number of benzene rings is 1. The molecule has 1 aromatic heterocycles. The molecule has 1 saturated carbocycles. The number of hydrogen-bond acceptors (Lipinski definition) is 6. The highest BCUT2D eigenvalue weighted by Crippen LogP contribution is 2.32. The first-order chi connectivity index (χ1) is 14.4. The van der Waals surface area contributed by atoms with E-state index in [9.17, 15) is 4.79 Å². The van der Waals surface area contributed by atoms with E-state index in [0.29, 0.717) is 5.92 Å². The van der Waals surface area contributed by atoms with E-state index in [-0.39, 0.29) is 12.1 Å². The zero-order chi connectivity index (χ0) is 21.1. The maximum atomic E-state index is 12.0. The van der Waals surface area contributed by atoms with Gasteiger partial charge in [0.1, 0.15) is 17.4 Å². The first-order valence-electron chi connectivity index (χ1n) is 11.1. The largest absolute Gasteiger partial charge is 0.444 e. The number of nitrogens with zero attached hydrogens (tertiary/aromatic N) is 2. The predicted octanol–water partition coefficient (Wildman–Crippen LogP) is 4.29. The molecule has 7 nitrogen and oxygen atoms in total. The fourth-order valence-corrected chi connectivity index (χ4v) is 4.49. The van der Waals surface area contributed by atoms with E-state index in [4.69, 9.17) is 14.0 Å². The Hall–Kier alpha value is -2.28. The van der Waals surface area contributed by atoms with Gasteiger partial charge in [0, 0.05) is 30.2 Å². The molecule has 30 heavy (non-hydrogen) atoms. The topological polar surface area (TPSA) is 76.8 Å². The molecule has 0 bridgehead atoms. The molecule has 0 atom stereocenters. The molecule has 4 rings (SSSR count). The lowest BCUT2D eigenvalue weighted by Crippen LogP contribution is -2.41. The van der Waals surface area contributed by atoms with Gasteiger partial charge in [0.2, 0.25) is 0 Å². The Bertz CT molecular complexity index is 859. The third kappa shape index (κ3) is 5.25. The Morgan fingerprint density at radius 1 is 1.20 bits per heavy atom. The summed E-state index contributed by atoms with van der Waals surface area (Å²) in [6.07, 6.45) is 6.55. The molecule has 2 aliphatic rings. The van der Waals surface area contributed by atoms with Crippen molar-refractivity contribution in [3.8, 4) is 0 Å². The number of carbonyl (C=O) groups excluding carboxylic acids is 1. The SMILES string of the molecule is CC(C)(C)OC(=O)NC1CCC(Cc2cc(N3CCOCC3)cc3conc23)CC1. The van der Waals surface area contributed by atoms with Crippen molar-refractivity contribution in [3.63, 3.8) is 0 Å². The number of nitrogens with one attached hydrogen (secondary N) is 1. The van der Waals surface area contributed by atoms with Gasteiger partial charge in [0.15, 0.2) is 0 Å². The van der Waals surface area contributed by atoms with Gasteiger partial charge in [0.25, 0.3) is 0 Å². The van der Waals surface area contributed by atoms with Gasteiger partial charge in [-0.3, -0.25) is 0 Å². The van der Waals surface area contributed by atoms with Gasteiger partial charge < -0.3 is 24.2 Å². The Morgan fingerprint density at radius 2 is 1.93 bits per heavy atom. The molecule has 1 N–H and O–H groups in total. The summed E-state index contributed by atoms with van der Waals surface area (Å²) in [5.41, 5.74) is 2.99. The van der Waals surface area contributed by atoms with Crippen LogP contribution in [0.25, 0.3) is 10.9 Å². The predicted molar refractivity (Wildman–Crippen MR) is 116 cm³/mol. The van der Waals surface area contributed by atoms with Crippen molar-refractivity contribution < 1.29 is 18.8 Å². The molecule has 1 aliphatic carbocycles. The molecule has 2 fully saturated rings. The third-order valence-corrected chi connectivity index (χ3v) is 5.98. The lowest BCUT2D eigenvalue weighted by atomic mass is 9.82. The Labute approximate surface area is 178 Å². The van der Waals surface area contributed by atoms with E-state index in [1.54, 1.807) is 6.26 Å². The maximum absolute atomic E-state index is 12.0. The number of hydrogen-bond donors (Lipinski definition) is 1. The van der Waals surface area contributed by atoms with Crippen molar-refractivity contribution in [1.82, 2.24) is 10.5 Å². The smallest absolute Gasteiger partial charge is 0.407 e. The van der Waals surface area contributed by atoms with E-state index in [1.165, 1.54) is 11.3 Å². The van der Waals surface area contributed by atoms with E-state index < -0.39 is 5.60 Å². The summed E-state index contributed by atoms with van der Waals surface area (Å²) < 4.78 is 16.2. The zero-order valence-electron chi connectivity index (χ0n) is 18.3. The highest BCUT2D eigenvalue weighted by Gasteiger charge is 2.26. The fraction of sp³-hybridized carbons (Fsp3) is 0.652. The number of rotatable bonds is 4. The minimum atomic E-state index is -0.463. The molecule has 2 heterocycles. The number of anilines is 1. The van der Waals surface area contributed by atoms with Crippen LogP contribution in [0.5, 0.6) is 0 Å². The number of alkyl carbamates (subject to hydrolysis) is 1. The normalized spacial score (nSPS) is 22.8. The molecular weight excluding hydrogens is 382 g/mol. The van der Waals surface area contributed by atoms with Crippen LogP contribution < -0.4 is 10.2 Å². The molecule has 1 aliphatic heterocycles. The average Bonchev–Trinajstić information content (AvgIpc) is 3.18. The Balaban J connectivity index is 1.38. The van der Waals surface area contributed by atoms with Gasteiger partial charge >= 0.3 is 6.09 Å². The minimum absolute atomic E-state index is 0.197. The first-order valence-corrected chi connectivity index (χ1v) is 11.1. The Kier molecular flexibility index (Phi) is 6.18. The van der Waals surface area contributed by atoms with Gasteiger partial charge in [-0.2, -0.15) is 0 Å². The molecule has 2 aromatic rings. The quantitative estimate of drug-likeness (QED) is 0.803. The van der Waals surface area contributed by atoms with E-state index in [1.807, 2.05) is 20.8 Å². The summed E-state index contributed by atoms with van der Waals surface area (Å²) in [6.45, 7) is 9.03. The second kappa shape index (κ2) is 8.84. The van der Waals surface area contributed by atoms with Crippen LogP contribution in [0, 0.1) is 5.92 Å². The standard InChI is InChI=1S/C23H33N3O4/c1-23(2,3)30-22(27)24-19-6-4-16(5-7-19)12-17-13-20(26-8-10-28-11-9-26)14-18-15-29-25-21(17)18/h13-16,19H,4-12H2,1-3H3,(H,24,27). The van der Waals surface area contributed by atoms with Crippen LogP contribution in [0.15, 0.2) is 22.9 Å². The second-order valence-corrected chi connectivity index (χ2v) is 9.52.